The van der Waals surface area contributed by atoms with Gasteiger partial charge in [-0.25, -0.2) is 0 Å². The van der Waals surface area contributed by atoms with Crippen molar-refractivity contribution >= 4 is 5.91 Å². The molecule has 0 saturated heterocycles. The lowest BCUT2D eigenvalue weighted by Crippen LogP contribution is -2.28. The van der Waals surface area contributed by atoms with Crippen molar-refractivity contribution in [3.8, 4) is 11.3 Å². The summed E-state index contributed by atoms with van der Waals surface area (Å²) >= 11 is 0. The number of hydrogen-bond acceptors (Lipinski definition) is 4. The van der Waals surface area contributed by atoms with Gasteiger partial charge in [-0.15, -0.1) is 0 Å². The molecule has 31 heavy (non-hydrogen) atoms. The van der Waals surface area contributed by atoms with Crippen LogP contribution in [-0.4, -0.2) is 27.3 Å². The van der Waals surface area contributed by atoms with Crippen LogP contribution >= 0.6 is 0 Å². The van der Waals surface area contributed by atoms with Gasteiger partial charge < -0.3 is 14.8 Å². The molecule has 2 aromatic heterocycles. The normalized spacial score (nSPS) is 12.0. The van der Waals surface area contributed by atoms with Gasteiger partial charge in [0.1, 0.15) is 17.6 Å². The number of amides is 1. The summed E-state index contributed by atoms with van der Waals surface area (Å²) in [6.07, 6.45) is 2.33. The fourth-order valence-corrected chi connectivity index (χ4v) is 3.41. The van der Waals surface area contributed by atoms with Gasteiger partial charge in [-0.1, -0.05) is 42.5 Å². The van der Waals surface area contributed by atoms with Crippen molar-refractivity contribution in [1.29, 1.82) is 0 Å². The van der Waals surface area contributed by atoms with Crippen molar-refractivity contribution in [2.75, 3.05) is 6.54 Å². The predicted octanol–water partition coefficient (Wildman–Crippen LogP) is 4.27. The Bertz CT molecular complexity index is 1160. The number of carbonyl (C=O) groups excluding carboxylic acids is 1. The Labute approximate surface area is 181 Å². The lowest BCUT2D eigenvalue weighted by Gasteiger charge is -2.10. The Balaban J connectivity index is 1.62. The molecule has 6 heteroatoms. The molecule has 6 nitrogen and oxygen atoms in total. The van der Waals surface area contributed by atoms with Crippen LogP contribution in [0.15, 0.2) is 77.5 Å². The molecule has 0 fully saturated rings. The smallest absolute Gasteiger partial charge is 0.255 e. The number of aliphatic hydroxyl groups is 1. The maximum Gasteiger partial charge on any atom is 0.255 e. The SMILES string of the molecule is Cc1ccc(-c2nn(Cc3ccccc3)cc2C(=O)NCC(O)c2ccco2)cc1C. The van der Waals surface area contributed by atoms with Crippen LogP contribution < -0.4 is 5.32 Å². The van der Waals surface area contributed by atoms with Gasteiger partial charge in [0.15, 0.2) is 0 Å². The van der Waals surface area contributed by atoms with Gasteiger partial charge in [0.05, 0.1) is 24.9 Å². The van der Waals surface area contributed by atoms with Crippen LogP contribution in [0.1, 0.15) is 38.9 Å². The number of aryl methyl sites for hydroxylation is 2. The molecule has 2 aromatic carbocycles. The van der Waals surface area contributed by atoms with Crippen LogP contribution in [0.25, 0.3) is 11.3 Å². The summed E-state index contributed by atoms with van der Waals surface area (Å²) in [6, 6.07) is 19.4. The zero-order valence-corrected chi connectivity index (χ0v) is 17.6. The Kier molecular flexibility index (Phi) is 6.00. The Morgan fingerprint density at radius 2 is 1.90 bits per heavy atom. The molecule has 0 bridgehead atoms. The number of furan rings is 1. The molecular weight excluding hydrogens is 390 g/mol. The van der Waals surface area contributed by atoms with E-state index in [1.807, 2.05) is 55.5 Å². The zero-order chi connectivity index (χ0) is 21.8. The molecule has 1 amide bonds. The van der Waals surface area contributed by atoms with E-state index in [1.165, 1.54) is 11.8 Å². The first-order valence-electron chi connectivity index (χ1n) is 10.2. The van der Waals surface area contributed by atoms with E-state index in [9.17, 15) is 9.90 Å². The molecule has 2 heterocycles. The minimum atomic E-state index is -0.914. The largest absolute Gasteiger partial charge is 0.467 e. The number of aliphatic hydroxyl groups excluding tert-OH is 1. The van der Waals surface area contributed by atoms with Crippen LogP contribution in [0, 0.1) is 13.8 Å². The molecule has 1 unspecified atom stereocenters. The molecule has 4 rings (SSSR count). The van der Waals surface area contributed by atoms with E-state index in [1.54, 1.807) is 23.0 Å². The maximum atomic E-state index is 13.0. The third-order valence-electron chi connectivity index (χ3n) is 5.30. The lowest BCUT2D eigenvalue weighted by molar-refractivity contribution is 0.0901. The fourth-order valence-electron chi connectivity index (χ4n) is 3.41. The van der Waals surface area contributed by atoms with Crippen LogP contribution in [0.2, 0.25) is 0 Å². The van der Waals surface area contributed by atoms with E-state index < -0.39 is 6.10 Å². The van der Waals surface area contributed by atoms with E-state index in [0.717, 1.165) is 16.7 Å². The third kappa shape index (κ3) is 4.75. The molecule has 158 valence electrons. The second-order valence-electron chi connectivity index (χ2n) is 7.61. The third-order valence-corrected chi connectivity index (χ3v) is 5.30. The highest BCUT2D eigenvalue weighted by Crippen LogP contribution is 2.25. The quantitative estimate of drug-likeness (QED) is 0.472. The minimum absolute atomic E-state index is 0.0442. The van der Waals surface area contributed by atoms with Crippen LogP contribution in [0.3, 0.4) is 0 Å². The Morgan fingerprint density at radius 1 is 1.10 bits per heavy atom. The number of rotatable bonds is 7. The Morgan fingerprint density at radius 3 is 2.61 bits per heavy atom. The highest BCUT2D eigenvalue weighted by molar-refractivity contribution is 5.99. The molecule has 4 aromatic rings. The molecule has 0 aliphatic heterocycles. The molecule has 0 aliphatic carbocycles. The zero-order valence-electron chi connectivity index (χ0n) is 17.6. The van der Waals surface area contributed by atoms with Crippen molar-refractivity contribution in [3.05, 3.63) is 101 Å². The second-order valence-corrected chi connectivity index (χ2v) is 7.61. The van der Waals surface area contributed by atoms with Gasteiger partial charge in [0.2, 0.25) is 0 Å². The first-order chi connectivity index (χ1) is 15.0. The minimum Gasteiger partial charge on any atom is -0.467 e. The first kappa shape index (κ1) is 20.6. The second kappa shape index (κ2) is 9.02. The summed E-state index contributed by atoms with van der Waals surface area (Å²) in [5.41, 5.74) is 5.37. The fraction of sp³-hybridized carbons (Fsp3) is 0.200. The van der Waals surface area contributed by atoms with Crippen LogP contribution in [-0.2, 0) is 6.54 Å². The topological polar surface area (TPSA) is 80.3 Å². The van der Waals surface area contributed by atoms with Gasteiger partial charge in [-0.2, -0.15) is 5.10 Å². The first-order valence-corrected chi connectivity index (χ1v) is 10.2. The summed E-state index contributed by atoms with van der Waals surface area (Å²) in [7, 11) is 0. The summed E-state index contributed by atoms with van der Waals surface area (Å²) in [5, 5.41) is 17.7. The lowest BCUT2D eigenvalue weighted by atomic mass is 10.0. The van der Waals surface area contributed by atoms with Gasteiger partial charge in [-0.05, 0) is 48.7 Å². The summed E-state index contributed by atoms with van der Waals surface area (Å²) < 4.78 is 6.98. The monoisotopic (exact) mass is 415 g/mol. The van der Waals surface area contributed by atoms with E-state index >= 15 is 0 Å². The number of nitrogens with one attached hydrogen (secondary N) is 1. The number of nitrogens with zero attached hydrogens (tertiary/aromatic N) is 2. The maximum absolute atomic E-state index is 13.0. The van der Waals surface area contributed by atoms with Crippen molar-refractivity contribution < 1.29 is 14.3 Å². The number of aromatic nitrogens is 2. The molecule has 0 aliphatic rings. The summed E-state index contributed by atoms with van der Waals surface area (Å²) in [6.45, 7) is 4.69. The molecule has 0 saturated carbocycles. The molecule has 0 spiro atoms. The van der Waals surface area contributed by atoms with Gasteiger partial charge in [-0.3, -0.25) is 9.48 Å². The number of carbonyl (C=O) groups is 1. The van der Waals surface area contributed by atoms with E-state index in [4.69, 9.17) is 9.52 Å². The van der Waals surface area contributed by atoms with Crippen molar-refractivity contribution in [3.63, 3.8) is 0 Å². The highest BCUT2D eigenvalue weighted by atomic mass is 16.4. The van der Waals surface area contributed by atoms with E-state index in [0.29, 0.717) is 23.6 Å². The van der Waals surface area contributed by atoms with Gasteiger partial charge >= 0.3 is 0 Å². The van der Waals surface area contributed by atoms with Gasteiger partial charge in [0, 0.05) is 11.8 Å². The Hall–Kier alpha value is -3.64. The average molecular weight is 415 g/mol. The number of hydrogen-bond donors (Lipinski definition) is 2. The van der Waals surface area contributed by atoms with Crippen molar-refractivity contribution in [2.45, 2.75) is 26.5 Å². The van der Waals surface area contributed by atoms with Crippen molar-refractivity contribution in [1.82, 2.24) is 15.1 Å². The average Bonchev–Trinajstić information content (AvgIpc) is 3.45. The van der Waals surface area contributed by atoms with E-state index in [-0.39, 0.29) is 12.5 Å². The molecular formula is C25H25N3O3. The van der Waals surface area contributed by atoms with Crippen molar-refractivity contribution in [2.24, 2.45) is 0 Å². The van der Waals surface area contributed by atoms with Crippen LogP contribution in [0.4, 0.5) is 0 Å². The van der Waals surface area contributed by atoms with Crippen LogP contribution in [0.5, 0.6) is 0 Å². The molecule has 2 N–H and O–H groups in total. The number of benzene rings is 2. The molecule has 0 radical (unpaired) electrons. The highest BCUT2D eigenvalue weighted by Gasteiger charge is 2.20. The summed E-state index contributed by atoms with van der Waals surface area (Å²) in [5.74, 6) is 0.118. The van der Waals surface area contributed by atoms with E-state index in [2.05, 4.69) is 12.2 Å². The molecule has 1 atom stereocenters. The summed E-state index contributed by atoms with van der Waals surface area (Å²) in [4.78, 5) is 13.0. The standard InChI is InChI=1S/C25H25N3O3/c1-17-10-11-20(13-18(17)2)24-21(16-28(27-24)15-19-7-4-3-5-8-19)25(30)26-14-22(29)23-9-6-12-31-23/h3-13,16,22,29H,14-15H2,1-2H3,(H,26,30). The van der Waals surface area contributed by atoms with Gasteiger partial charge in [0.25, 0.3) is 5.91 Å². The predicted molar refractivity (Wildman–Crippen MR) is 119 cm³/mol.